The van der Waals surface area contributed by atoms with E-state index in [1.54, 1.807) is 12.1 Å². The van der Waals surface area contributed by atoms with Crippen LogP contribution >= 0.6 is 0 Å². The second kappa shape index (κ2) is 6.80. The van der Waals surface area contributed by atoms with E-state index in [-0.39, 0.29) is 25.2 Å². The molecule has 1 aliphatic heterocycles. The van der Waals surface area contributed by atoms with Crippen molar-refractivity contribution in [3.8, 4) is 0 Å². The lowest BCUT2D eigenvalue weighted by Crippen LogP contribution is -2.58. The Labute approximate surface area is 142 Å². The first-order valence-electron chi connectivity index (χ1n) is 8.03. The molecule has 0 aromatic heterocycles. The molecule has 1 amide bonds. The van der Waals surface area contributed by atoms with Crippen molar-refractivity contribution >= 4 is 15.7 Å². The number of nitrogens with one attached hydrogen (secondary N) is 2. The van der Waals surface area contributed by atoms with E-state index in [0.29, 0.717) is 13.1 Å². The fourth-order valence-corrected chi connectivity index (χ4v) is 4.42. The monoisotopic (exact) mass is 356 g/mol. The smallest absolute Gasteiger partial charge is 0.241 e. The first-order chi connectivity index (χ1) is 11.1. The van der Waals surface area contributed by atoms with Crippen LogP contribution in [0.15, 0.2) is 24.3 Å². The molecule has 0 aliphatic carbocycles. The number of piperidine rings is 1. The second-order valence-electron chi connectivity index (χ2n) is 7.09. The van der Waals surface area contributed by atoms with E-state index in [1.807, 2.05) is 13.8 Å². The molecule has 1 aromatic carbocycles. The first kappa shape index (κ1) is 18.9. The predicted molar refractivity (Wildman–Crippen MR) is 92.1 cm³/mol. The third kappa shape index (κ3) is 3.78. The molecule has 0 radical (unpaired) electrons. The molecule has 2 rings (SSSR count). The van der Waals surface area contributed by atoms with Crippen molar-refractivity contribution < 1.29 is 17.6 Å². The molecule has 0 atom stereocenters. The number of halogens is 1. The van der Waals surface area contributed by atoms with Crippen LogP contribution in [0.25, 0.3) is 0 Å². The molecule has 134 valence electrons. The Morgan fingerprint density at radius 2 is 1.79 bits per heavy atom. The Morgan fingerprint density at radius 3 is 2.29 bits per heavy atom. The molecule has 24 heavy (non-hydrogen) atoms. The molecule has 1 aliphatic rings. The van der Waals surface area contributed by atoms with Crippen molar-refractivity contribution in [2.45, 2.75) is 36.9 Å². The Balaban J connectivity index is 2.14. The van der Waals surface area contributed by atoms with Crippen LogP contribution in [0.5, 0.6) is 0 Å². The highest BCUT2D eigenvalue weighted by Crippen LogP contribution is 2.29. The molecule has 0 saturated carbocycles. The highest BCUT2D eigenvalue weighted by atomic mass is 32.2. The lowest BCUT2D eigenvalue weighted by Gasteiger charge is -2.35. The van der Waals surface area contributed by atoms with Crippen molar-refractivity contribution in [2.24, 2.45) is 0 Å². The van der Waals surface area contributed by atoms with Gasteiger partial charge in [-0.3, -0.25) is 4.79 Å². The highest BCUT2D eigenvalue weighted by Gasteiger charge is 2.48. The predicted octanol–water partition coefficient (Wildman–Crippen LogP) is 1.39. The molecular weight excluding hydrogens is 331 g/mol. The van der Waals surface area contributed by atoms with E-state index in [9.17, 15) is 17.6 Å². The molecule has 2 N–H and O–H groups in total. The van der Waals surface area contributed by atoms with Gasteiger partial charge in [-0.15, -0.1) is 0 Å². The van der Waals surface area contributed by atoms with Crippen LogP contribution in [-0.4, -0.2) is 45.0 Å². The van der Waals surface area contributed by atoms with E-state index in [2.05, 4.69) is 10.6 Å². The molecule has 1 saturated heterocycles. The Kier molecular flexibility index (Phi) is 5.34. The van der Waals surface area contributed by atoms with Gasteiger partial charge in [0.05, 0.1) is 0 Å². The van der Waals surface area contributed by atoms with Crippen molar-refractivity contribution in [3.63, 3.8) is 0 Å². The van der Waals surface area contributed by atoms with Crippen LogP contribution < -0.4 is 10.6 Å². The van der Waals surface area contributed by atoms with Gasteiger partial charge in [-0.05, 0) is 43.6 Å². The van der Waals surface area contributed by atoms with Crippen LogP contribution in [0.3, 0.4) is 0 Å². The molecule has 7 heteroatoms. The van der Waals surface area contributed by atoms with Gasteiger partial charge in [-0.2, -0.15) is 0 Å². The maximum Gasteiger partial charge on any atom is 0.241 e. The average Bonchev–Trinajstić information content (AvgIpc) is 2.52. The van der Waals surface area contributed by atoms with Gasteiger partial charge in [0.1, 0.15) is 5.82 Å². The molecule has 1 heterocycles. The van der Waals surface area contributed by atoms with E-state index in [4.69, 9.17) is 0 Å². The third-order valence-corrected chi connectivity index (χ3v) is 6.86. The van der Waals surface area contributed by atoms with E-state index in [0.717, 1.165) is 11.8 Å². The quantitative estimate of drug-likeness (QED) is 0.836. The molecule has 1 aromatic rings. The van der Waals surface area contributed by atoms with Crippen molar-refractivity contribution in [1.82, 2.24) is 10.6 Å². The Morgan fingerprint density at radius 1 is 1.25 bits per heavy atom. The van der Waals surface area contributed by atoms with E-state index >= 15 is 0 Å². The SMILES string of the molecule is CC(C)(CNC(=O)C1(S(C)(=O)=O)CCNCC1)c1ccc(F)cc1. The van der Waals surface area contributed by atoms with Crippen LogP contribution in [-0.2, 0) is 20.0 Å². The van der Waals surface area contributed by atoms with E-state index in [1.165, 1.54) is 12.1 Å². The normalized spacial score (nSPS) is 18.2. The number of hydrogen-bond acceptors (Lipinski definition) is 4. The van der Waals surface area contributed by atoms with Gasteiger partial charge in [-0.1, -0.05) is 26.0 Å². The van der Waals surface area contributed by atoms with Crippen LogP contribution in [0.4, 0.5) is 4.39 Å². The van der Waals surface area contributed by atoms with Crippen LogP contribution in [0, 0.1) is 5.82 Å². The van der Waals surface area contributed by atoms with Gasteiger partial charge in [0.15, 0.2) is 14.6 Å². The summed E-state index contributed by atoms with van der Waals surface area (Å²) in [6.45, 7) is 5.14. The lowest BCUT2D eigenvalue weighted by atomic mass is 9.84. The number of hydrogen-bond donors (Lipinski definition) is 2. The van der Waals surface area contributed by atoms with Crippen LogP contribution in [0.1, 0.15) is 32.3 Å². The second-order valence-corrected chi connectivity index (χ2v) is 9.42. The average molecular weight is 356 g/mol. The molecule has 0 spiro atoms. The minimum Gasteiger partial charge on any atom is -0.354 e. The summed E-state index contributed by atoms with van der Waals surface area (Å²) in [6, 6.07) is 6.12. The molecule has 5 nitrogen and oxygen atoms in total. The summed E-state index contributed by atoms with van der Waals surface area (Å²) in [5.74, 6) is -0.758. The van der Waals surface area contributed by atoms with Gasteiger partial charge in [0.2, 0.25) is 5.91 Å². The van der Waals surface area contributed by atoms with E-state index < -0.39 is 25.9 Å². The number of carbonyl (C=O) groups is 1. The van der Waals surface area contributed by atoms with Crippen LogP contribution in [0.2, 0.25) is 0 Å². The summed E-state index contributed by atoms with van der Waals surface area (Å²) in [5, 5.41) is 5.90. The van der Waals surface area contributed by atoms with Gasteiger partial charge in [0.25, 0.3) is 0 Å². The number of amides is 1. The summed E-state index contributed by atoms with van der Waals surface area (Å²) in [4.78, 5) is 12.7. The first-order valence-corrected chi connectivity index (χ1v) is 9.92. The Bertz CT molecular complexity index is 693. The summed E-state index contributed by atoms with van der Waals surface area (Å²) >= 11 is 0. The minimum absolute atomic E-state index is 0.272. The van der Waals surface area contributed by atoms with Crippen molar-refractivity contribution in [2.75, 3.05) is 25.9 Å². The number of carbonyl (C=O) groups excluding carboxylic acids is 1. The zero-order valence-corrected chi connectivity index (χ0v) is 15.2. The number of rotatable bonds is 5. The standard InChI is InChI=1S/C17H25FN2O3S/c1-16(2,13-4-6-14(18)7-5-13)12-20-15(21)17(24(3,22)23)8-10-19-11-9-17/h4-7,19H,8-12H2,1-3H3,(H,20,21). The number of sulfone groups is 1. The Hall–Kier alpha value is -1.47. The largest absolute Gasteiger partial charge is 0.354 e. The molecule has 0 bridgehead atoms. The fraction of sp³-hybridized carbons (Fsp3) is 0.588. The fourth-order valence-electron chi connectivity index (χ4n) is 3.06. The molecule has 1 fully saturated rings. The zero-order chi connectivity index (χ0) is 18.0. The highest BCUT2D eigenvalue weighted by molar-refractivity contribution is 7.92. The topological polar surface area (TPSA) is 75.3 Å². The summed E-state index contributed by atoms with van der Waals surface area (Å²) in [7, 11) is -3.53. The minimum atomic E-state index is -3.53. The van der Waals surface area contributed by atoms with Gasteiger partial charge in [0, 0.05) is 18.2 Å². The van der Waals surface area contributed by atoms with Crippen molar-refractivity contribution in [3.05, 3.63) is 35.6 Å². The van der Waals surface area contributed by atoms with Gasteiger partial charge < -0.3 is 10.6 Å². The van der Waals surface area contributed by atoms with Gasteiger partial charge >= 0.3 is 0 Å². The number of benzene rings is 1. The summed E-state index contributed by atoms with van der Waals surface area (Å²) in [6.07, 6.45) is 1.67. The summed E-state index contributed by atoms with van der Waals surface area (Å²) in [5.41, 5.74) is 0.442. The third-order valence-electron chi connectivity index (χ3n) is 4.85. The zero-order valence-electron chi connectivity index (χ0n) is 14.4. The van der Waals surface area contributed by atoms with Gasteiger partial charge in [-0.25, -0.2) is 12.8 Å². The molecule has 0 unspecified atom stereocenters. The summed E-state index contributed by atoms with van der Waals surface area (Å²) < 4.78 is 36.2. The maximum atomic E-state index is 13.1. The maximum absolute atomic E-state index is 13.1. The van der Waals surface area contributed by atoms with Crippen molar-refractivity contribution in [1.29, 1.82) is 0 Å². The lowest BCUT2D eigenvalue weighted by molar-refractivity contribution is -0.124. The molecular formula is C17H25FN2O3S.